The minimum atomic E-state index is -0.778. The summed E-state index contributed by atoms with van der Waals surface area (Å²) >= 11 is 0. The molecule has 0 bridgehead atoms. The molecule has 1 aliphatic rings. The molecule has 4 atom stereocenters. The van der Waals surface area contributed by atoms with Gasteiger partial charge in [0.25, 0.3) is 5.91 Å². The summed E-state index contributed by atoms with van der Waals surface area (Å²) in [5, 5.41) is 19.5. The molecule has 218 valence electrons. The molecule has 10 heteroatoms. The smallest absolute Gasteiger partial charge is 0.407 e. The number of carbonyl (C=O) groups is 3. The van der Waals surface area contributed by atoms with Gasteiger partial charge in [0.05, 0.1) is 12.1 Å². The first kappa shape index (κ1) is 31.0. The Labute approximate surface area is 236 Å². The zero-order chi connectivity index (χ0) is 29.1. The summed E-state index contributed by atoms with van der Waals surface area (Å²) in [6, 6.07) is 13.1. The Kier molecular flexibility index (Phi) is 11.9. The van der Waals surface area contributed by atoms with Crippen molar-refractivity contribution < 1.29 is 24.2 Å². The molecule has 3 amide bonds. The predicted octanol–water partition coefficient (Wildman–Crippen LogP) is 2.73. The van der Waals surface area contributed by atoms with Gasteiger partial charge in [0, 0.05) is 31.9 Å². The van der Waals surface area contributed by atoms with E-state index in [4.69, 9.17) is 4.74 Å². The highest BCUT2D eigenvalue weighted by molar-refractivity contribution is 5.96. The fourth-order valence-corrected chi connectivity index (χ4v) is 4.86. The number of hydrogen-bond donors (Lipinski definition) is 4. The van der Waals surface area contributed by atoms with Crippen LogP contribution in [0.5, 0.6) is 0 Å². The highest BCUT2D eigenvalue weighted by Gasteiger charge is 2.35. The van der Waals surface area contributed by atoms with Gasteiger partial charge in [0.1, 0.15) is 18.3 Å². The summed E-state index contributed by atoms with van der Waals surface area (Å²) < 4.78 is 5.41. The minimum Gasteiger partial charge on any atom is -0.445 e. The van der Waals surface area contributed by atoms with Crippen molar-refractivity contribution >= 4 is 17.9 Å². The highest BCUT2D eigenvalue weighted by atomic mass is 16.5. The fourth-order valence-electron chi connectivity index (χ4n) is 4.86. The summed E-state index contributed by atoms with van der Waals surface area (Å²) in [5.41, 5.74) is 1.15. The molecule has 0 aliphatic carbocycles. The third-order valence-corrected chi connectivity index (χ3v) is 6.69. The third-order valence-electron chi connectivity index (χ3n) is 6.69. The van der Waals surface area contributed by atoms with Gasteiger partial charge in [0.2, 0.25) is 5.91 Å². The lowest BCUT2D eigenvalue weighted by Crippen LogP contribution is -2.53. The zero-order valence-electron chi connectivity index (χ0n) is 23.9. The molecule has 1 aromatic carbocycles. The maximum atomic E-state index is 13.2. The molecule has 0 spiro atoms. The van der Waals surface area contributed by atoms with Gasteiger partial charge in [-0.2, -0.15) is 0 Å². The van der Waals surface area contributed by atoms with Gasteiger partial charge in [-0.05, 0) is 42.4 Å². The second-order valence-corrected chi connectivity index (χ2v) is 11.3. The van der Waals surface area contributed by atoms with Gasteiger partial charge >= 0.3 is 6.09 Å². The molecule has 2 heterocycles. The van der Waals surface area contributed by atoms with E-state index in [1.165, 1.54) is 6.20 Å². The Balaban J connectivity index is 1.55. The topological polar surface area (TPSA) is 133 Å². The number of carbonyl (C=O) groups excluding carboxylic acids is 3. The van der Waals surface area contributed by atoms with Gasteiger partial charge in [-0.1, -0.05) is 64.1 Å². The molecule has 1 aliphatic heterocycles. The first-order valence-electron chi connectivity index (χ1n) is 14.0. The van der Waals surface area contributed by atoms with Crippen molar-refractivity contribution in [2.45, 2.75) is 71.4 Å². The fraction of sp³-hybridized carbons (Fsp3) is 0.533. The zero-order valence-corrected chi connectivity index (χ0v) is 23.9. The van der Waals surface area contributed by atoms with Crippen molar-refractivity contribution in [3.05, 3.63) is 66.0 Å². The average molecular weight is 554 g/mol. The van der Waals surface area contributed by atoms with Crippen molar-refractivity contribution in [1.82, 2.24) is 25.8 Å². The number of nitrogens with zero attached hydrogens (tertiary/aromatic N) is 2. The van der Waals surface area contributed by atoms with Crippen LogP contribution in [0.2, 0.25) is 0 Å². The van der Waals surface area contributed by atoms with E-state index in [0.717, 1.165) is 12.0 Å². The maximum Gasteiger partial charge on any atom is 0.407 e. The Hall–Kier alpha value is -3.50. The number of hydrogen-bond acceptors (Lipinski definition) is 7. The van der Waals surface area contributed by atoms with Crippen molar-refractivity contribution in [2.24, 2.45) is 11.8 Å². The Morgan fingerprint density at radius 2 is 1.68 bits per heavy atom. The number of rotatable bonds is 13. The number of pyridine rings is 1. The van der Waals surface area contributed by atoms with E-state index in [1.807, 2.05) is 49.1 Å². The number of aromatic nitrogens is 1. The summed E-state index contributed by atoms with van der Waals surface area (Å²) in [6.07, 6.45) is 1.45. The van der Waals surface area contributed by atoms with Crippen LogP contribution in [0, 0.1) is 11.8 Å². The van der Waals surface area contributed by atoms with Crippen LogP contribution in [0.4, 0.5) is 4.79 Å². The first-order valence-corrected chi connectivity index (χ1v) is 14.0. The normalized spacial score (nSPS) is 18.8. The van der Waals surface area contributed by atoms with Crippen LogP contribution in [-0.4, -0.2) is 76.8 Å². The predicted molar refractivity (Wildman–Crippen MR) is 152 cm³/mol. The van der Waals surface area contributed by atoms with Gasteiger partial charge in [0.15, 0.2) is 0 Å². The van der Waals surface area contributed by atoms with E-state index >= 15 is 0 Å². The Morgan fingerprint density at radius 1 is 0.975 bits per heavy atom. The summed E-state index contributed by atoms with van der Waals surface area (Å²) in [6.45, 7) is 9.60. The van der Waals surface area contributed by atoms with Crippen molar-refractivity contribution in [1.29, 1.82) is 0 Å². The van der Waals surface area contributed by atoms with Crippen molar-refractivity contribution in [3.63, 3.8) is 0 Å². The molecule has 0 saturated carbocycles. The monoisotopic (exact) mass is 553 g/mol. The third kappa shape index (κ3) is 10.2. The van der Waals surface area contributed by atoms with E-state index in [-0.39, 0.29) is 30.2 Å². The highest BCUT2D eigenvalue weighted by Crippen LogP contribution is 2.15. The van der Waals surface area contributed by atoms with E-state index in [0.29, 0.717) is 32.0 Å². The van der Waals surface area contributed by atoms with Crippen LogP contribution in [0.3, 0.4) is 0 Å². The molecule has 2 aromatic rings. The van der Waals surface area contributed by atoms with Crippen LogP contribution in [0.25, 0.3) is 0 Å². The maximum absolute atomic E-state index is 13.2. The van der Waals surface area contributed by atoms with Crippen LogP contribution in [-0.2, 0) is 16.1 Å². The molecule has 1 saturated heterocycles. The van der Waals surface area contributed by atoms with Crippen LogP contribution < -0.4 is 16.0 Å². The summed E-state index contributed by atoms with van der Waals surface area (Å²) in [5.74, 6) is -0.266. The number of likely N-dealkylation sites (tertiary alicyclic amines) is 1. The molecular weight excluding hydrogens is 510 g/mol. The lowest BCUT2D eigenvalue weighted by atomic mass is 10.0. The number of amides is 3. The molecule has 1 aromatic heterocycles. The molecule has 2 unspecified atom stereocenters. The Morgan fingerprint density at radius 3 is 2.33 bits per heavy atom. The SMILES string of the molecule is CC(C)C[C@@H](CN1CC(O)C(NC(=O)[C@H](CC(C)C)NC(=O)c2ccccn2)C1)NC(=O)OCc1ccccc1. The van der Waals surface area contributed by atoms with E-state index in [2.05, 4.69) is 34.8 Å². The summed E-state index contributed by atoms with van der Waals surface area (Å²) in [7, 11) is 0. The summed E-state index contributed by atoms with van der Waals surface area (Å²) in [4.78, 5) is 44.5. The van der Waals surface area contributed by atoms with Gasteiger partial charge in [-0.3, -0.25) is 19.5 Å². The van der Waals surface area contributed by atoms with Gasteiger partial charge in [-0.15, -0.1) is 0 Å². The van der Waals surface area contributed by atoms with E-state index < -0.39 is 30.2 Å². The molecule has 4 N–H and O–H groups in total. The minimum absolute atomic E-state index is 0.161. The van der Waals surface area contributed by atoms with Gasteiger partial charge < -0.3 is 25.8 Å². The molecule has 40 heavy (non-hydrogen) atoms. The Bertz CT molecular complexity index is 1080. The molecule has 0 radical (unpaired) electrons. The number of ether oxygens (including phenoxy) is 1. The van der Waals surface area contributed by atoms with Crippen LogP contribution in [0.1, 0.15) is 56.6 Å². The number of aliphatic hydroxyl groups is 1. The van der Waals surface area contributed by atoms with Crippen LogP contribution >= 0.6 is 0 Å². The number of nitrogens with one attached hydrogen (secondary N) is 3. The molecular formula is C30H43N5O5. The molecule has 10 nitrogen and oxygen atoms in total. The number of alkyl carbamates (subject to hydrolysis) is 1. The van der Waals surface area contributed by atoms with E-state index in [9.17, 15) is 19.5 Å². The molecule has 3 rings (SSSR count). The first-order chi connectivity index (χ1) is 19.1. The second kappa shape index (κ2) is 15.3. The van der Waals surface area contributed by atoms with Crippen molar-refractivity contribution in [3.8, 4) is 0 Å². The number of β-amino-alcohol motifs (C(OH)–C–C–N with tert-alkyl or cyclic N) is 1. The van der Waals surface area contributed by atoms with Crippen LogP contribution in [0.15, 0.2) is 54.7 Å². The largest absolute Gasteiger partial charge is 0.445 e. The second-order valence-electron chi connectivity index (χ2n) is 11.3. The molecule has 1 fully saturated rings. The number of benzene rings is 1. The standard InChI is InChI=1S/C30H43N5O5/c1-20(2)14-23(32-30(39)40-19-22-10-6-5-7-11-22)16-35-17-26(27(36)18-35)34-29(38)25(15-21(3)4)33-28(37)24-12-8-9-13-31-24/h5-13,20-21,23,25-27,36H,14-19H2,1-4H3,(H,32,39)(H,33,37)(H,34,38)/t23-,25-,26?,27?/m0/s1. The van der Waals surface area contributed by atoms with Gasteiger partial charge in [-0.25, -0.2) is 4.79 Å². The lowest BCUT2D eigenvalue weighted by molar-refractivity contribution is -0.124. The average Bonchev–Trinajstić information content (AvgIpc) is 3.25. The lowest BCUT2D eigenvalue weighted by Gasteiger charge is -2.26. The van der Waals surface area contributed by atoms with E-state index in [1.54, 1.807) is 18.2 Å². The van der Waals surface area contributed by atoms with Crippen molar-refractivity contribution in [2.75, 3.05) is 19.6 Å². The number of aliphatic hydroxyl groups excluding tert-OH is 1. The quantitative estimate of drug-likeness (QED) is 0.300.